The fraction of sp³-hybridized carbons (Fsp3) is 0.304. The molecule has 0 saturated heterocycles. The van der Waals surface area contributed by atoms with E-state index in [0.717, 1.165) is 23.5 Å². The van der Waals surface area contributed by atoms with Crippen molar-refractivity contribution in [3.63, 3.8) is 0 Å². The first-order chi connectivity index (χ1) is 14.6. The molecule has 0 radical (unpaired) electrons. The number of anilines is 2. The number of benzene rings is 1. The van der Waals surface area contributed by atoms with Crippen molar-refractivity contribution in [1.29, 1.82) is 0 Å². The number of likely N-dealkylation sites (N-methyl/N-ethyl adjacent to an activating group) is 1. The highest BCUT2D eigenvalue weighted by molar-refractivity contribution is 6.36. The smallest absolute Gasteiger partial charge is 0.166 e. The predicted octanol–water partition coefficient (Wildman–Crippen LogP) is 6.04. The molecule has 0 amide bonds. The summed E-state index contributed by atoms with van der Waals surface area (Å²) in [5.74, 6) is 0.998. The van der Waals surface area contributed by atoms with E-state index < -0.39 is 11.9 Å². The highest BCUT2D eigenvalue weighted by atomic mass is 35.5. The quantitative estimate of drug-likeness (QED) is 0.480. The number of ether oxygens (including phenoxy) is 1. The van der Waals surface area contributed by atoms with Gasteiger partial charge in [0.05, 0.1) is 5.02 Å². The maximum Gasteiger partial charge on any atom is 0.166 e. The van der Waals surface area contributed by atoms with E-state index in [2.05, 4.69) is 34.8 Å². The molecule has 162 valence electrons. The van der Waals surface area contributed by atoms with E-state index in [1.54, 1.807) is 19.2 Å². The van der Waals surface area contributed by atoms with Crippen LogP contribution >= 0.6 is 23.2 Å². The summed E-state index contributed by atoms with van der Waals surface area (Å²) in [6, 6.07) is 6.60. The van der Waals surface area contributed by atoms with E-state index in [-0.39, 0.29) is 16.3 Å². The lowest BCUT2D eigenvalue weighted by Gasteiger charge is -2.20. The third-order valence-corrected chi connectivity index (χ3v) is 6.31. The van der Waals surface area contributed by atoms with Crippen molar-refractivity contribution >= 4 is 34.8 Å². The topological polar surface area (TPSA) is 64.3 Å². The molecule has 1 aliphatic heterocycles. The maximum atomic E-state index is 13.9. The Morgan fingerprint density at radius 1 is 1.16 bits per heavy atom. The third kappa shape index (κ3) is 3.90. The number of nitrogens with zero attached hydrogens (tertiary/aromatic N) is 3. The number of nitrogen functional groups attached to an aromatic ring is 1. The standard InChI is InChI=1S/C23H23Cl2FN4O/c1-12(19-16(24)5-6-17(26)20(19)25)31-18-8-14(9-28-21(18)27)13-7-15-22(29-10-13)30(4)11-23(15,2)3/h5-10,12H,11H2,1-4H3,(H2,27,28). The third-order valence-electron chi connectivity index (χ3n) is 5.59. The van der Waals surface area contributed by atoms with Crippen LogP contribution in [0.25, 0.3) is 11.1 Å². The highest BCUT2D eigenvalue weighted by Crippen LogP contribution is 2.41. The number of nitrogens with two attached hydrogens (primary N) is 1. The second kappa shape index (κ2) is 7.84. The summed E-state index contributed by atoms with van der Waals surface area (Å²) < 4.78 is 19.9. The molecular weight excluding hydrogens is 438 g/mol. The fourth-order valence-electron chi connectivity index (χ4n) is 4.04. The van der Waals surface area contributed by atoms with Gasteiger partial charge in [0.15, 0.2) is 11.6 Å². The first kappa shape index (κ1) is 21.7. The second-order valence-corrected chi connectivity index (χ2v) is 9.24. The minimum atomic E-state index is -0.638. The van der Waals surface area contributed by atoms with Crippen molar-refractivity contribution < 1.29 is 9.13 Å². The van der Waals surface area contributed by atoms with E-state index in [4.69, 9.17) is 33.7 Å². The van der Waals surface area contributed by atoms with Crippen molar-refractivity contribution in [2.45, 2.75) is 32.3 Å². The molecule has 1 aromatic carbocycles. The highest BCUT2D eigenvalue weighted by Gasteiger charge is 2.34. The van der Waals surface area contributed by atoms with Crippen LogP contribution in [0.3, 0.4) is 0 Å². The fourth-order valence-corrected chi connectivity index (χ4v) is 4.72. The van der Waals surface area contributed by atoms with E-state index in [1.165, 1.54) is 17.7 Å². The molecule has 2 aromatic heterocycles. The van der Waals surface area contributed by atoms with Gasteiger partial charge in [-0.1, -0.05) is 37.0 Å². The number of halogens is 3. The van der Waals surface area contributed by atoms with Gasteiger partial charge in [0.1, 0.15) is 17.7 Å². The van der Waals surface area contributed by atoms with Crippen LogP contribution in [0.1, 0.15) is 38.0 Å². The molecular formula is C23H23Cl2FN4O. The number of aromatic nitrogens is 2. The summed E-state index contributed by atoms with van der Waals surface area (Å²) in [4.78, 5) is 11.1. The van der Waals surface area contributed by atoms with Crippen LogP contribution in [0.15, 0.2) is 36.7 Å². The van der Waals surface area contributed by atoms with Crippen molar-refractivity contribution in [2.24, 2.45) is 0 Å². The van der Waals surface area contributed by atoms with Gasteiger partial charge < -0.3 is 15.4 Å². The molecule has 5 nitrogen and oxygen atoms in total. The van der Waals surface area contributed by atoms with Gasteiger partial charge >= 0.3 is 0 Å². The van der Waals surface area contributed by atoms with Crippen LogP contribution in [0.2, 0.25) is 10.0 Å². The van der Waals surface area contributed by atoms with Crippen molar-refractivity contribution in [3.8, 4) is 16.9 Å². The monoisotopic (exact) mass is 460 g/mol. The van der Waals surface area contributed by atoms with Crippen LogP contribution in [0, 0.1) is 5.82 Å². The lowest BCUT2D eigenvalue weighted by molar-refractivity contribution is 0.227. The van der Waals surface area contributed by atoms with E-state index in [1.807, 2.05) is 13.2 Å². The zero-order valence-electron chi connectivity index (χ0n) is 17.7. The van der Waals surface area contributed by atoms with Crippen LogP contribution in [0.4, 0.5) is 16.0 Å². The van der Waals surface area contributed by atoms with Gasteiger partial charge in [-0.3, -0.25) is 0 Å². The number of rotatable bonds is 4. The Kier molecular flexibility index (Phi) is 5.48. The van der Waals surface area contributed by atoms with Crippen LogP contribution in [-0.4, -0.2) is 23.6 Å². The van der Waals surface area contributed by atoms with Gasteiger partial charge in [-0.2, -0.15) is 0 Å². The van der Waals surface area contributed by atoms with Gasteiger partial charge in [-0.05, 0) is 31.2 Å². The zero-order chi connectivity index (χ0) is 22.5. The zero-order valence-corrected chi connectivity index (χ0v) is 19.2. The Bertz CT molecular complexity index is 1170. The normalized spacial score (nSPS) is 15.6. The van der Waals surface area contributed by atoms with Gasteiger partial charge in [-0.25, -0.2) is 14.4 Å². The minimum absolute atomic E-state index is 0.00689. The molecule has 0 fully saturated rings. The van der Waals surface area contributed by atoms with Gasteiger partial charge in [-0.15, -0.1) is 0 Å². The average Bonchev–Trinajstić information content (AvgIpc) is 2.95. The molecule has 0 aliphatic carbocycles. The number of pyridine rings is 2. The van der Waals surface area contributed by atoms with Crippen molar-refractivity contribution in [2.75, 3.05) is 24.2 Å². The molecule has 0 spiro atoms. The van der Waals surface area contributed by atoms with E-state index in [9.17, 15) is 4.39 Å². The Hall–Kier alpha value is -2.57. The molecule has 4 rings (SSSR count). The summed E-state index contributed by atoms with van der Waals surface area (Å²) in [7, 11) is 2.04. The first-order valence-corrected chi connectivity index (χ1v) is 10.6. The largest absolute Gasteiger partial charge is 0.482 e. The van der Waals surface area contributed by atoms with E-state index in [0.29, 0.717) is 16.3 Å². The van der Waals surface area contributed by atoms with E-state index >= 15 is 0 Å². The summed E-state index contributed by atoms with van der Waals surface area (Å²) >= 11 is 12.4. The molecule has 31 heavy (non-hydrogen) atoms. The SMILES string of the molecule is CC(Oc1cc(-c2cnc3c(c2)C(C)(C)CN3C)cnc1N)c1c(Cl)ccc(F)c1Cl. The average molecular weight is 461 g/mol. The summed E-state index contributed by atoms with van der Waals surface area (Å²) in [6.45, 7) is 7.03. The van der Waals surface area contributed by atoms with Gasteiger partial charge in [0.25, 0.3) is 0 Å². The lowest BCUT2D eigenvalue weighted by atomic mass is 9.87. The molecule has 0 bridgehead atoms. The van der Waals surface area contributed by atoms with Crippen molar-refractivity contribution in [1.82, 2.24) is 9.97 Å². The Morgan fingerprint density at radius 2 is 1.84 bits per heavy atom. The number of hydrogen-bond acceptors (Lipinski definition) is 5. The molecule has 3 heterocycles. The molecule has 1 aliphatic rings. The first-order valence-electron chi connectivity index (χ1n) is 9.86. The van der Waals surface area contributed by atoms with Crippen LogP contribution in [0.5, 0.6) is 5.75 Å². The number of hydrogen-bond donors (Lipinski definition) is 1. The van der Waals surface area contributed by atoms with Crippen LogP contribution in [-0.2, 0) is 5.41 Å². The lowest BCUT2D eigenvalue weighted by Crippen LogP contribution is -2.25. The molecule has 1 atom stereocenters. The molecule has 8 heteroatoms. The second-order valence-electron chi connectivity index (χ2n) is 8.46. The molecule has 1 unspecified atom stereocenters. The van der Waals surface area contributed by atoms with Crippen molar-refractivity contribution in [3.05, 3.63) is 63.6 Å². The Balaban J connectivity index is 1.69. The summed E-state index contributed by atoms with van der Waals surface area (Å²) in [6.07, 6.45) is 2.86. The molecule has 3 aromatic rings. The summed E-state index contributed by atoms with van der Waals surface area (Å²) in [5, 5.41) is 0.243. The molecule has 0 saturated carbocycles. The van der Waals surface area contributed by atoms with Gasteiger partial charge in [0, 0.05) is 58.7 Å². The minimum Gasteiger partial charge on any atom is -0.482 e. The summed E-state index contributed by atoms with van der Waals surface area (Å²) in [5.41, 5.74) is 9.31. The predicted molar refractivity (Wildman–Crippen MR) is 124 cm³/mol. The van der Waals surface area contributed by atoms with Crippen LogP contribution < -0.4 is 15.4 Å². The Morgan fingerprint density at radius 3 is 2.58 bits per heavy atom. The maximum absolute atomic E-state index is 13.9. The Labute approximate surface area is 191 Å². The number of fused-ring (bicyclic) bond motifs is 1. The van der Waals surface area contributed by atoms with Gasteiger partial charge in [0.2, 0.25) is 0 Å². The molecule has 2 N–H and O–H groups in total.